The lowest BCUT2D eigenvalue weighted by Gasteiger charge is -2.35. The lowest BCUT2D eigenvalue weighted by molar-refractivity contribution is -0.120. The highest BCUT2D eigenvalue weighted by Crippen LogP contribution is 2.37. The van der Waals surface area contributed by atoms with Gasteiger partial charge < -0.3 is 20.2 Å². The van der Waals surface area contributed by atoms with Crippen LogP contribution in [0.5, 0.6) is 0 Å². The molecule has 3 aliphatic rings. The fraction of sp³-hybridized carbons (Fsp3) is 0.650. The van der Waals surface area contributed by atoms with E-state index in [1.54, 1.807) is 0 Å². The Morgan fingerprint density at radius 1 is 1.29 bits per heavy atom. The molecule has 0 radical (unpaired) electrons. The Hall–Kier alpha value is -1.80. The van der Waals surface area contributed by atoms with Crippen molar-refractivity contribution in [3.05, 3.63) is 23.4 Å². The highest BCUT2D eigenvalue weighted by atomic mass is 32.2. The van der Waals surface area contributed by atoms with Gasteiger partial charge in [-0.25, -0.2) is 4.98 Å². The van der Waals surface area contributed by atoms with Gasteiger partial charge in [-0.15, -0.1) is 0 Å². The van der Waals surface area contributed by atoms with Crippen LogP contribution < -0.4 is 10.2 Å². The zero-order chi connectivity index (χ0) is 19.8. The Labute approximate surface area is 169 Å². The third-order valence-electron chi connectivity index (χ3n) is 6.30. The van der Waals surface area contributed by atoms with Crippen LogP contribution in [0.4, 0.5) is 5.82 Å². The maximum Gasteiger partial charge on any atom is 0.272 e. The number of pyridine rings is 1. The number of fused-ring (bicyclic) bond motifs is 2. The van der Waals surface area contributed by atoms with Crippen LogP contribution >= 0.6 is 11.8 Å². The first-order valence-electron chi connectivity index (χ1n) is 9.93. The second kappa shape index (κ2) is 7.91. The number of aliphatic hydroxyl groups excluding tert-OH is 1. The summed E-state index contributed by atoms with van der Waals surface area (Å²) in [5.74, 6) is 1.84. The number of anilines is 1. The first-order chi connectivity index (χ1) is 13.5. The minimum absolute atomic E-state index is 0.0324. The van der Waals surface area contributed by atoms with Crippen molar-refractivity contribution < 1.29 is 14.7 Å². The molecule has 1 aromatic heterocycles. The predicted octanol–water partition coefficient (Wildman–Crippen LogP) is 0.765. The van der Waals surface area contributed by atoms with E-state index >= 15 is 0 Å². The summed E-state index contributed by atoms with van der Waals surface area (Å²) in [7, 11) is 2.00. The van der Waals surface area contributed by atoms with Gasteiger partial charge in [0.25, 0.3) is 5.91 Å². The summed E-state index contributed by atoms with van der Waals surface area (Å²) in [4.78, 5) is 33.5. The molecule has 0 unspecified atom stereocenters. The maximum atomic E-state index is 13.0. The monoisotopic (exact) mass is 404 g/mol. The SMILES string of the molecule is CSCC(=O)N[C@H]1C[C@H]2CN(C(=O)c3ccc4c(n3)N(C)CC4)C[C@H]2C[C@@H]1O. The van der Waals surface area contributed by atoms with Crippen molar-refractivity contribution in [3.63, 3.8) is 0 Å². The molecule has 4 rings (SSSR count). The quantitative estimate of drug-likeness (QED) is 0.771. The van der Waals surface area contributed by atoms with E-state index in [0.717, 1.165) is 25.2 Å². The minimum atomic E-state index is -0.547. The number of likely N-dealkylation sites (N-methyl/N-ethyl adjacent to an activating group) is 1. The second-order valence-corrected chi connectivity index (χ2v) is 9.09. The molecule has 1 saturated heterocycles. The largest absolute Gasteiger partial charge is 0.391 e. The number of aliphatic hydroxyl groups is 1. The molecule has 8 heteroatoms. The Morgan fingerprint density at radius 2 is 2.04 bits per heavy atom. The molecule has 1 saturated carbocycles. The number of carbonyl (C=O) groups excluding carboxylic acids is 2. The first kappa shape index (κ1) is 19.5. The van der Waals surface area contributed by atoms with E-state index in [1.165, 1.54) is 17.3 Å². The zero-order valence-corrected chi connectivity index (χ0v) is 17.2. The fourth-order valence-electron chi connectivity index (χ4n) is 4.81. The fourth-order valence-corrected chi connectivity index (χ4v) is 5.15. The van der Waals surface area contributed by atoms with Gasteiger partial charge in [-0.1, -0.05) is 6.07 Å². The molecular weight excluding hydrogens is 376 g/mol. The maximum absolute atomic E-state index is 13.0. The Morgan fingerprint density at radius 3 is 2.79 bits per heavy atom. The molecule has 2 N–H and O–H groups in total. The summed E-state index contributed by atoms with van der Waals surface area (Å²) < 4.78 is 0. The average Bonchev–Trinajstić information content (AvgIpc) is 3.25. The molecule has 2 amide bonds. The van der Waals surface area contributed by atoms with Crippen molar-refractivity contribution in [2.75, 3.05) is 43.6 Å². The highest BCUT2D eigenvalue weighted by molar-refractivity contribution is 7.99. The smallest absolute Gasteiger partial charge is 0.272 e. The summed E-state index contributed by atoms with van der Waals surface area (Å²) in [6, 6.07) is 3.63. The summed E-state index contributed by atoms with van der Waals surface area (Å²) >= 11 is 1.47. The van der Waals surface area contributed by atoms with Gasteiger partial charge in [-0.3, -0.25) is 9.59 Å². The van der Waals surface area contributed by atoms with Crippen molar-refractivity contribution in [3.8, 4) is 0 Å². The summed E-state index contributed by atoms with van der Waals surface area (Å²) in [5, 5.41) is 13.4. The van der Waals surface area contributed by atoms with E-state index in [0.29, 0.717) is 36.9 Å². The van der Waals surface area contributed by atoms with Gasteiger partial charge in [-0.2, -0.15) is 11.8 Å². The Balaban J connectivity index is 1.42. The van der Waals surface area contributed by atoms with Gasteiger partial charge in [0, 0.05) is 26.7 Å². The van der Waals surface area contributed by atoms with Crippen molar-refractivity contribution in [2.45, 2.75) is 31.4 Å². The number of aromatic nitrogens is 1. The van der Waals surface area contributed by atoms with Gasteiger partial charge in [0.15, 0.2) is 0 Å². The van der Waals surface area contributed by atoms with Crippen molar-refractivity contribution in [1.29, 1.82) is 0 Å². The van der Waals surface area contributed by atoms with E-state index in [2.05, 4.69) is 15.2 Å². The topological polar surface area (TPSA) is 85.8 Å². The van der Waals surface area contributed by atoms with E-state index in [-0.39, 0.29) is 23.8 Å². The van der Waals surface area contributed by atoms with E-state index < -0.39 is 6.10 Å². The number of likely N-dealkylation sites (tertiary alicyclic amines) is 1. The third-order valence-corrected chi connectivity index (χ3v) is 6.85. The summed E-state index contributed by atoms with van der Waals surface area (Å²) in [6.07, 6.45) is 3.66. The van der Waals surface area contributed by atoms with Crippen molar-refractivity contribution in [1.82, 2.24) is 15.2 Å². The molecule has 3 heterocycles. The van der Waals surface area contributed by atoms with Crippen molar-refractivity contribution in [2.24, 2.45) is 11.8 Å². The van der Waals surface area contributed by atoms with Gasteiger partial charge >= 0.3 is 0 Å². The van der Waals surface area contributed by atoms with E-state index in [9.17, 15) is 14.7 Å². The summed E-state index contributed by atoms with van der Waals surface area (Å²) in [6.45, 7) is 2.26. The normalized spacial score (nSPS) is 28.8. The van der Waals surface area contributed by atoms with Crippen molar-refractivity contribution >= 4 is 29.4 Å². The molecule has 1 aromatic rings. The summed E-state index contributed by atoms with van der Waals surface area (Å²) in [5.41, 5.74) is 1.69. The molecular formula is C20H28N4O3S. The standard InChI is InChI=1S/C20H28N4O3S/c1-23-6-5-12-3-4-15(22-19(12)23)20(27)24-9-13-7-16(21-18(26)11-28-2)17(25)8-14(13)10-24/h3-4,13-14,16-17,25H,5-11H2,1-2H3,(H,21,26)/t13-,14+,16-,17-/m0/s1. The van der Waals surface area contributed by atoms with E-state index in [4.69, 9.17) is 0 Å². The molecule has 7 nitrogen and oxygen atoms in total. The van der Waals surface area contributed by atoms with Crippen LogP contribution in [0.1, 0.15) is 28.9 Å². The molecule has 0 spiro atoms. The lowest BCUT2D eigenvalue weighted by Crippen LogP contribution is -2.49. The van der Waals surface area contributed by atoms with Crippen LogP contribution in [-0.4, -0.2) is 77.6 Å². The molecule has 1 aliphatic carbocycles. The number of hydrogen-bond acceptors (Lipinski definition) is 6. The Kier molecular flexibility index (Phi) is 5.51. The molecule has 152 valence electrons. The molecule has 2 fully saturated rings. The lowest BCUT2D eigenvalue weighted by atomic mass is 9.77. The molecule has 4 atom stereocenters. The van der Waals surface area contributed by atoms with Crippen LogP contribution in [0.2, 0.25) is 0 Å². The van der Waals surface area contributed by atoms with Gasteiger partial charge in [0.05, 0.1) is 17.9 Å². The number of carbonyl (C=O) groups is 2. The molecule has 0 bridgehead atoms. The van der Waals surface area contributed by atoms with Gasteiger partial charge in [0.2, 0.25) is 5.91 Å². The number of rotatable bonds is 4. The molecule has 28 heavy (non-hydrogen) atoms. The number of hydrogen-bond donors (Lipinski definition) is 2. The zero-order valence-electron chi connectivity index (χ0n) is 16.4. The number of nitrogens with one attached hydrogen (secondary N) is 1. The number of nitrogens with zero attached hydrogens (tertiary/aromatic N) is 3. The van der Waals surface area contributed by atoms with Gasteiger partial charge in [-0.05, 0) is 49.0 Å². The number of thioether (sulfide) groups is 1. The predicted molar refractivity (Wildman–Crippen MR) is 110 cm³/mol. The third kappa shape index (κ3) is 3.72. The van der Waals surface area contributed by atoms with Crippen LogP contribution in [0.25, 0.3) is 0 Å². The number of amides is 2. The molecule has 0 aromatic carbocycles. The Bertz CT molecular complexity index is 774. The molecule has 2 aliphatic heterocycles. The van der Waals surface area contributed by atoms with Gasteiger partial charge in [0.1, 0.15) is 11.5 Å². The highest BCUT2D eigenvalue weighted by Gasteiger charge is 2.43. The van der Waals surface area contributed by atoms with Crippen LogP contribution in [0.15, 0.2) is 12.1 Å². The van der Waals surface area contributed by atoms with Crippen LogP contribution in [0.3, 0.4) is 0 Å². The van der Waals surface area contributed by atoms with Crippen LogP contribution in [-0.2, 0) is 11.2 Å². The minimum Gasteiger partial charge on any atom is -0.391 e. The van der Waals surface area contributed by atoms with Crippen LogP contribution in [0, 0.1) is 11.8 Å². The average molecular weight is 405 g/mol. The first-order valence-corrected chi connectivity index (χ1v) is 11.3. The second-order valence-electron chi connectivity index (χ2n) is 8.23. The van der Waals surface area contributed by atoms with E-state index in [1.807, 2.05) is 30.3 Å².